The Kier molecular flexibility index (Phi) is 4.09. The predicted octanol–water partition coefficient (Wildman–Crippen LogP) is 3.83. The molecule has 2 nitrogen and oxygen atoms in total. The quantitative estimate of drug-likeness (QED) is 0.832. The van der Waals surface area contributed by atoms with Crippen molar-refractivity contribution >= 4 is 11.5 Å². The second-order valence-electron chi connectivity index (χ2n) is 6.39. The Hall–Kier alpha value is -1.31. The summed E-state index contributed by atoms with van der Waals surface area (Å²) in [6.45, 7) is 4.30. The van der Waals surface area contributed by atoms with Crippen LogP contribution in [0.3, 0.4) is 0 Å². The molecule has 2 aliphatic rings. The lowest BCUT2D eigenvalue weighted by molar-refractivity contribution is -0.125. The van der Waals surface area contributed by atoms with Gasteiger partial charge in [-0.15, -0.1) is 0 Å². The van der Waals surface area contributed by atoms with Gasteiger partial charge in [0.1, 0.15) is 5.78 Å². The van der Waals surface area contributed by atoms with E-state index >= 15 is 0 Å². The number of carbonyl (C=O) groups excluding carboxylic acids is 1. The summed E-state index contributed by atoms with van der Waals surface area (Å²) >= 11 is 0. The molecular formula is C18H25NO. The third kappa shape index (κ3) is 2.74. The molecule has 0 aromatic heterocycles. The SMILES string of the molecule is CCC1CCC(=O)C(CN2CCCc3ccccc32)C1. The fraction of sp³-hybridized carbons (Fsp3) is 0.611. The van der Waals surface area contributed by atoms with Gasteiger partial charge in [0.2, 0.25) is 0 Å². The van der Waals surface area contributed by atoms with E-state index in [1.807, 2.05) is 0 Å². The highest BCUT2D eigenvalue weighted by Gasteiger charge is 2.30. The molecule has 1 aliphatic heterocycles. The highest BCUT2D eigenvalue weighted by Crippen LogP contribution is 2.32. The molecule has 1 aliphatic carbocycles. The number of para-hydroxylation sites is 1. The number of nitrogens with zero attached hydrogens (tertiary/aromatic N) is 1. The van der Waals surface area contributed by atoms with E-state index in [9.17, 15) is 4.79 Å². The first-order valence-corrected chi connectivity index (χ1v) is 8.13. The summed E-state index contributed by atoms with van der Waals surface area (Å²) in [5, 5.41) is 0. The Balaban J connectivity index is 1.73. The molecule has 0 amide bonds. The van der Waals surface area contributed by atoms with Gasteiger partial charge in [-0.2, -0.15) is 0 Å². The van der Waals surface area contributed by atoms with Gasteiger partial charge < -0.3 is 4.90 Å². The Labute approximate surface area is 122 Å². The summed E-state index contributed by atoms with van der Waals surface area (Å²) < 4.78 is 0. The van der Waals surface area contributed by atoms with Crippen molar-refractivity contribution in [2.45, 2.75) is 45.4 Å². The van der Waals surface area contributed by atoms with E-state index in [1.54, 1.807) is 0 Å². The predicted molar refractivity (Wildman–Crippen MR) is 83.1 cm³/mol. The molecule has 1 aromatic rings. The minimum Gasteiger partial charge on any atom is -0.371 e. The standard InChI is InChI=1S/C18H25NO/c1-2-14-9-10-18(20)16(12-14)13-19-11-5-7-15-6-3-4-8-17(15)19/h3-4,6,8,14,16H,2,5,7,9-13H2,1H3. The molecule has 2 unspecified atom stereocenters. The molecule has 108 valence electrons. The second-order valence-corrected chi connectivity index (χ2v) is 6.39. The molecule has 1 saturated carbocycles. The summed E-state index contributed by atoms with van der Waals surface area (Å²) in [4.78, 5) is 14.7. The number of fused-ring (bicyclic) bond motifs is 1. The number of benzene rings is 1. The molecule has 0 bridgehead atoms. The minimum absolute atomic E-state index is 0.264. The van der Waals surface area contributed by atoms with Gasteiger partial charge in [-0.1, -0.05) is 31.5 Å². The fourth-order valence-electron chi connectivity index (χ4n) is 3.82. The van der Waals surface area contributed by atoms with E-state index in [2.05, 4.69) is 36.1 Å². The van der Waals surface area contributed by atoms with E-state index < -0.39 is 0 Å². The lowest BCUT2D eigenvalue weighted by atomic mass is 9.79. The van der Waals surface area contributed by atoms with Crippen LogP contribution in [0.5, 0.6) is 0 Å². The van der Waals surface area contributed by atoms with Crippen molar-refractivity contribution in [1.29, 1.82) is 0 Å². The Morgan fingerprint density at radius 3 is 2.95 bits per heavy atom. The van der Waals surface area contributed by atoms with E-state index in [0.29, 0.717) is 5.78 Å². The molecule has 0 N–H and O–H groups in total. The zero-order valence-electron chi connectivity index (χ0n) is 12.5. The average Bonchev–Trinajstić information content (AvgIpc) is 2.50. The first-order chi connectivity index (χ1) is 9.78. The van der Waals surface area contributed by atoms with Crippen LogP contribution in [0.2, 0.25) is 0 Å². The van der Waals surface area contributed by atoms with Crippen molar-refractivity contribution in [3.05, 3.63) is 29.8 Å². The third-order valence-corrected chi connectivity index (χ3v) is 5.10. The number of hydrogen-bond donors (Lipinski definition) is 0. The molecule has 3 rings (SSSR count). The van der Waals surface area contributed by atoms with Crippen molar-refractivity contribution in [1.82, 2.24) is 0 Å². The lowest BCUT2D eigenvalue weighted by Gasteiger charge is -2.36. The zero-order valence-corrected chi connectivity index (χ0v) is 12.5. The highest BCUT2D eigenvalue weighted by atomic mass is 16.1. The summed E-state index contributed by atoms with van der Waals surface area (Å²) in [6, 6.07) is 8.70. The van der Waals surface area contributed by atoms with Gasteiger partial charge in [0.15, 0.2) is 0 Å². The van der Waals surface area contributed by atoms with Crippen LogP contribution in [0, 0.1) is 11.8 Å². The van der Waals surface area contributed by atoms with Crippen molar-refractivity contribution in [3.63, 3.8) is 0 Å². The van der Waals surface area contributed by atoms with Crippen LogP contribution in [-0.4, -0.2) is 18.9 Å². The number of hydrogen-bond acceptors (Lipinski definition) is 2. The molecule has 1 heterocycles. The summed E-state index contributed by atoms with van der Waals surface area (Å²) in [5.41, 5.74) is 2.82. The van der Waals surface area contributed by atoms with Crippen LogP contribution in [0.15, 0.2) is 24.3 Å². The van der Waals surface area contributed by atoms with Gasteiger partial charge in [0, 0.05) is 31.1 Å². The molecule has 20 heavy (non-hydrogen) atoms. The number of aryl methyl sites for hydroxylation is 1. The maximum atomic E-state index is 12.2. The Bertz CT molecular complexity index is 482. The summed E-state index contributed by atoms with van der Waals surface area (Å²) in [6.07, 6.45) is 6.65. The van der Waals surface area contributed by atoms with E-state index in [1.165, 1.54) is 30.5 Å². The molecule has 2 heteroatoms. The number of anilines is 1. The number of ketones is 1. The largest absolute Gasteiger partial charge is 0.371 e. The Morgan fingerprint density at radius 1 is 1.25 bits per heavy atom. The first kappa shape index (κ1) is 13.7. The average molecular weight is 271 g/mol. The second kappa shape index (κ2) is 5.99. The number of Topliss-reactive ketones (excluding diaryl/α,β-unsaturated/α-hetero) is 1. The normalized spacial score (nSPS) is 26.4. The van der Waals surface area contributed by atoms with Crippen LogP contribution < -0.4 is 4.90 Å². The highest BCUT2D eigenvalue weighted by molar-refractivity contribution is 5.82. The maximum Gasteiger partial charge on any atom is 0.137 e. The monoisotopic (exact) mass is 271 g/mol. The fourth-order valence-corrected chi connectivity index (χ4v) is 3.82. The van der Waals surface area contributed by atoms with Gasteiger partial charge >= 0.3 is 0 Å². The topological polar surface area (TPSA) is 20.3 Å². The van der Waals surface area contributed by atoms with Crippen molar-refractivity contribution in [2.75, 3.05) is 18.0 Å². The molecule has 2 atom stereocenters. The van der Waals surface area contributed by atoms with Gasteiger partial charge in [-0.05, 0) is 43.2 Å². The minimum atomic E-state index is 0.264. The molecule has 0 radical (unpaired) electrons. The van der Waals surface area contributed by atoms with Gasteiger partial charge in [-0.3, -0.25) is 4.79 Å². The van der Waals surface area contributed by atoms with Gasteiger partial charge in [0.05, 0.1) is 0 Å². The summed E-state index contributed by atoms with van der Waals surface area (Å²) in [7, 11) is 0. The van der Waals surface area contributed by atoms with Crippen LogP contribution in [0.1, 0.15) is 44.6 Å². The number of rotatable bonds is 3. The maximum absolute atomic E-state index is 12.2. The van der Waals surface area contributed by atoms with Crippen molar-refractivity contribution in [3.8, 4) is 0 Å². The first-order valence-electron chi connectivity index (χ1n) is 8.13. The van der Waals surface area contributed by atoms with Crippen LogP contribution in [0.4, 0.5) is 5.69 Å². The zero-order chi connectivity index (χ0) is 13.9. The molecule has 0 spiro atoms. The van der Waals surface area contributed by atoms with E-state index in [-0.39, 0.29) is 5.92 Å². The molecule has 0 saturated heterocycles. The van der Waals surface area contributed by atoms with Crippen molar-refractivity contribution < 1.29 is 4.79 Å². The van der Waals surface area contributed by atoms with Gasteiger partial charge in [0.25, 0.3) is 0 Å². The van der Waals surface area contributed by atoms with Crippen LogP contribution >= 0.6 is 0 Å². The van der Waals surface area contributed by atoms with Crippen LogP contribution in [0.25, 0.3) is 0 Å². The van der Waals surface area contributed by atoms with E-state index in [0.717, 1.165) is 38.3 Å². The molecule has 1 fully saturated rings. The molecular weight excluding hydrogens is 246 g/mol. The number of carbonyl (C=O) groups is 1. The van der Waals surface area contributed by atoms with Gasteiger partial charge in [-0.25, -0.2) is 0 Å². The Morgan fingerprint density at radius 2 is 2.10 bits per heavy atom. The van der Waals surface area contributed by atoms with Crippen LogP contribution in [-0.2, 0) is 11.2 Å². The third-order valence-electron chi connectivity index (χ3n) is 5.10. The summed E-state index contributed by atoms with van der Waals surface area (Å²) in [5.74, 6) is 1.52. The lowest BCUT2D eigenvalue weighted by Crippen LogP contribution is -2.39. The van der Waals surface area contributed by atoms with E-state index in [4.69, 9.17) is 0 Å². The molecule has 1 aromatic carbocycles. The van der Waals surface area contributed by atoms with Crippen molar-refractivity contribution in [2.24, 2.45) is 11.8 Å². The smallest absolute Gasteiger partial charge is 0.137 e.